The van der Waals surface area contributed by atoms with Gasteiger partial charge in [-0.25, -0.2) is 4.39 Å². The van der Waals surface area contributed by atoms with E-state index in [2.05, 4.69) is 0 Å². The van der Waals surface area contributed by atoms with Crippen molar-refractivity contribution in [2.45, 2.75) is 65.0 Å². The average molecular weight is 188 g/mol. The molecule has 0 aliphatic rings. The molecular formula is C11H21FO. The smallest absolute Gasteiger partial charge is 0.133 e. The van der Waals surface area contributed by atoms with E-state index in [9.17, 15) is 9.18 Å². The first kappa shape index (κ1) is 12.6. The summed E-state index contributed by atoms with van der Waals surface area (Å²) in [7, 11) is 0. The molecule has 0 spiro atoms. The highest BCUT2D eigenvalue weighted by molar-refractivity contribution is 5.78. The zero-order chi connectivity index (χ0) is 10.3. The van der Waals surface area contributed by atoms with Gasteiger partial charge in [0.1, 0.15) is 11.5 Å². The van der Waals surface area contributed by atoms with Gasteiger partial charge in [-0.2, -0.15) is 0 Å². The highest BCUT2D eigenvalue weighted by Crippen LogP contribution is 2.23. The fourth-order valence-corrected chi connectivity index (χ4v) is 1.45. The molecule has 0 heterocycles. The largest absolute Gasteiger partial charge is 0.300 e. The van der Waals surface area contributed by atoms with Crippen LogP contribution in [0.1, 0.15) is 59.3 Å². The molecule has 1 nitrogen and oxygen atoms in total. The van der Waals surface area contributed by atoms with E-state index in [0.29, 0.717) is 25.7 Å². The van der Waals surface area contributed by atoms with Crippen molar-refractivity contribution in [3.63, 3.8) is 0 Å². The van der Waals surface area contributed by atoms with Gasteiger partial charge in [0.05, 0.1) is 0 Å². The van der Waals surface area contributed by atoms with Gasteiger partial charge in [0, 0.05) is 12.8 Å². The third kappa shape index (κ3) is 6.73. The summed E-state index contributed by atoms with van der Waals surface area (Å²) in [6.07, 6.45) is 3.67. The van der Waals surface area contributed by atoms with Gasteiger partial charge in [-0.1, -0.05) is 20.3 Å². The monoisotopic (exact) mass is 188 g/mol. The molecule has 13 heavy (non-hydrogen) atoms. The van der Waals surface area contributed by atoms with E-state index >= 15 is 0 Å². The van der Waals surface area contributed by atoms with Crippen molar-refractivity contribution in [2.75, 3.05) is 0 Å². The maximum atomic E-state index is 13.5. The van der Waals surface area contributed by atoms with E-state index in [0.717, 1.165) is 12.8 Å². The molecule has 0 saturated carbocycles. The molecule has 0 saturated heterocycles. The van der Waals surface area contributed by atoms with Crippen LogP contribution in [0.4, 0.5) is 4.39 Å². The van der Waals surface area contributed by atoms with E-state index in [1.165, 1.54) is 0 Å². The number of halogens is 1. The van der Waals surface area contributed by atoms with Crippen molar-refractivity contribution < 1.29 is 9.18 Å². The second-order valence-electron chi connectivity index (χ2n) is 3.95. The lowest BCUT2D eigenvalue weighted by molar-refractivity contribution is -0.119. The van der Waals surface area contributed by atoms with Crippen molar-refractivity contribution in [3.8, 4) is 0 Å². The Hall–Kier alpha value is -0.400. The van der Waals surface area contributed by atoms with E-state index in [1.54, 1.807) is 6.92 Å². The molecule has 0 amide bonds. The van der Waals surface area contributed by atoms with Crippen LogP contribution in [0.3, 0.4) is 0 Å². The Bertz CT molecular complexity index is 152. The molecular weight excluding hydrogens is 167 g/mol. The number of carbonyl (C=O) groups excluding carboxylic acids is 1. The lowest BCUT2D eigenvalue weighted by atomic mass is 9.95. The highest BCUT2D eigenvalue weighted by atomic mass is 19.1. The summed E-state index contributed by atoms with van der Waals surface area (Å²) in [5.74, 6) is 0.197. The summed E-state index contributed by atoms with van der Waals surface area (Å²) < 4.78 is 13.5. The van der Waals surface area contributed by atoms with Crippen LogP contribution in [-0.4, -0.2) is 11.5 Å². The fraction of sp³-hybridized carbons (Fsp3) is 0.909. The quantitative estimate of drug-likeness (QED) is 0.596. The molecule has 78 valence electrons. The molecule has 0 aromatic heterocycles. The third-order valence-electron chi connectivity index (χ3n) is 2.23. The number of hydrogen-bond donors (Lipinski definition) is 0. The standard InChI is InChI=1S/C11H21FO/c1-4-6-10(13)7-9-11(3,12)8-5-2/h4-9H2,1-3H3. The molecule has 0 aromatic rings. The molecule has 0 fully saturated rings. The van der Waals surface area contributed by atoms with Gasteiger partial charge in [-0.05, 0) is 26.2 Å². The van der Waals surface area contributed by atoms with Crippen LogP contribution >= 0.6 is 0 Å². The lowest BCUT2D eigenvalue weighted by Gasteiger charge is -2.18. The zero-order valence-electron chi connectivity index (χ0n) is 9.03. The molecule has 2 heteroatoms. The predicted molar refractivity (Wildman–Crippen MR) is 53.6 cm³/mol. The van der Waals surface area contributed by atoms with Crippen molar-refractivity contribution >= 4 is 5.78 Å². The van der Waals surface area contributed by atoms with Gasteiger partial charge < -0.3 is 0 Å². The lowest BCUT2D eigenvalue weighted by Crippen LogP contribution is -2.18. The van der Waals surface area contributed by atoms with Gasteiger partial charge in [-0.3, -0.25) is 4.79 Å². The third-order valence-corrected chi connectivity index (χ3v) is 2.23. The number of carbonyl (C=O) groups is 1. The second kappa shape index (κ2) is 6.11. The maximum absolute atomic E-state index is 13.5. The molecule has 0 radical (unpaired) electrons. The number of ketones is 1. The minimum absolute atomic E-state index is 0.197. The molecule has 1 unspecified atom stereocenters. The minimum atomic E-state index is -1.14. The van der Waals surface area contributed by atoms with Gasteiger partial charge in [-0.15, -0.1) is 0 Å². The van der Waals surface area contributed by atoms with Crippen LogP contribution in [0.15, 0.2) is 0 Å². The van der Waals surface area contributed by atoms with Gasteiger partial charge >= 0.3 is 0 Å². The topological polar surface area (TPSA) is 17.1 Å². The first-order valence-corrected chi connectivity index (χ1v) is 5.22. The van der Waals surface area contributed by atoms with Crippen molar-refractivity contribution in [1.29, 1.82) is 0 Å². The van der Waals surface area contributed by atoms with Crippen LogP contribution in [0.25, 0.3) is 0 Å². The van der Waals surface area contributed by atoms with Crippen LogP contribution in [-0.2, 0) is 4.79 Å². The van der Waals surface area contributed by atoms with Crippen LogP contribution in [0.5, 0.6) is 0 Å². The Kier molecular flexibility index (Phi) is 5.93. The molecule has 0 aliphatic carbocycles. The van der Waals surface area contributed by atoms with E-state index in [-0.39, 0.29) is 5.78 Å². The van der Waals surface area contributed by atoms with Gasteiger partial charge in [0.25, 0.3) is 0 Å². The second-order valence-corrected chi connectivity index (χ2v) is 3.95. The molecule has 0 aromatic carbocycles. The summed E-state index contributed by atoms with van der Waals surface area (Å²) in [6.45, 7) is 5.53. The fourth-order valence-electron chi connectivity index (χ4n) is 1.45. The molecule has 1 atom stereocenters. The SMILES string of the molecule is CCCC(=O)CCC(C)(F)CCC. The minimum Gasteiger partial charge on any atom is -0.300 e. The first-order valence-electron chi connectivity index (χ1n) is 5.22. The zero-order valence-corrected chi connectivity index (χ0v) is 9.03. The maximum Gasteiger partial charge on any atom is 0.133 e. The van der Waals surface area contributed by atoms with Crippen LogP contribution in [0, 0.1) is 0 Å². The summed E-state index contributed by atoms with van der Waals surface area (Å²) in [6, 6.07) is 0. The van der Waals surface area contributed by atoms with Crippen LogP contribution < -0.4 is 0 Å². The van der Waals surface area contributed by atoms with E-state index in [4.69, 9.17) is 0 Å². The Balaban J connectivity index is 3.67. The van der Waals surface area contributed by atoms with Gasteiger partial charge in [0.2, 0.25) is 0 Å². The summed E-state index contributed by atoms with van der Waals surface area (Å²) in [5.41, 5.74) is -1.14. The Morgan fingerprint density at radius 3 is 2.23 bits per heavy atom. The number of Topliss-reactive ketones (excluding diaryl/α,β-unsaturated/α-hetero) is 1. The number of rotatable bonds is 7. The summed E-state index contributed by atoms with van der Waals surface area (Å²) >= 11 is 0. The molecule has 0 aliphatic heterocycles. The van der Waals surface area contributed by atoms with Crippen LogP contribution in [0.2, 0.25) is 0 Å². The molecule has 0 bridgehead atoms. The average Bonchev–Trinajstić information content (AvgIpc) is 2.02. The van der Waals surface area contributed by atoms with Crippen molar-refractivity contribution in [2.24, 2.45) is 0 Å². The van der Waals surface area contributed by atoms with E-state index < -0.39 is 5.67 Å². The number of alkyl halides is 1. The summed E-state index contributed by atoms with van der Waals surface area (Å²) in [5, 5.41) is 0. The first-order chi connectivity index (χ1) is 6.02. The Morgan fingerprint density at radius 1 is 1.15 bits per heavy atom. The molecule has 0 N–H and O–H groups in total. The number of hydrogen-bond acceptors (Lipinski definition) is 1. The Labute approximate surface area is 80.7 Å². The normalized spacial score (nSPS) is 15.4. The molecule has 0 rings (SSSR count). The van der Waals surface area contributed by atoms with E-state index in [1.807, 2.05) is 13.8 Å². The van der Waals surface area contributed by atoms with Gasteiger partial charge in [0.15, 0.2) is 0 Å². The van der Waals surface area contributed by atoms with Crippen molar-refractivity contribution in [1.82, 2.24) is 0 Å². The highest BCUT2D eigenvalue weighted by Gasteiger charge is 2.22. The predicted octanol–water partition coefficient (Wildman–Crippen LogP) is 3.66. The van der Waals surface area contributed by atoms with Crippen molar-refractivity contribution in [3.05, 3.63) is 0 Å². The summed E-state index contributed by atoms with van der Waals surface area (Å²) in [4.78, 5) is 11.1. The Morgan fingerprint density at radius 2 is 1.77 bits per heavy atom.